The standard InChI is InChI=1S/C22H21F3N4/c23-17-6-7-18(21(25)20(17)24)27-22-26-11-8-19(28-22)29-12-9-16(10-13-29)14-15-4-2-1-3-5-15/h1-8,11,16H,9-10,12-14H2,(H,26,27,28). The van der Waals surface area contributed by atoms with Crippen molar-refractivity contribution in [3.05, 3.63) is 77.7 Å². The van der Waals surface area contributed by atoms with Crippen LogP contribution in [0.3, 0.4) is 0 Å². The zero-order valence-electron chi connectivity index (χ0n) is 15.8. The van der Waals surface area contributed by atoms with Crippen molar-refractivity contribution in [2.75, 3.05) is 23.3 Å². The van der Waals surface area contributed by atoms with E-state index in [-0.39, 0.29) is 11.6 Å². The summed E-state index contributed by atoms with van der Waals surface area (Å²) in [6, 6.07) is 14.3. The summed E-state index contributed by atoms with van der Waals surface area (Å²) in [6.45, 7) is 1.74. The molecule has 0 aliphatic carbocycles. The molecule has 0 amide bonds. The molecule has 3 aromatic rings. The minimum atomic E-state index is -1.52. The molecule has 4 nitrogen and oxygen atoms in total. The quantitative estimate of drug-likeness (QED) is 0.608. The van der Waals surface area contributed by atoms with Gasteiger partial charge in [0.05, 0.1) is 5.69 Å². The molecule has 1 aliphatic heterocycles. The molecule has 0 spiro atoms. The second-order valence-corrected chi connectivity index (χ2v) is 7.21. The highest BCUT2D eigenvalue weighted by Crippen LogP contribution is 2.26. The Morgan fingerprint density at radius 3 is 2.45 bits per heavy atom. The van der Waals surface area contributed by atoms with Gasteiger partial charge in [0, 0.05) is 19.3 Å². The van der Waals surface area contributed by atoms with E-state index >= 15 is 0 Å². The lowest BCUT2D eigenvalue weighted by atomic mass is 9.90. The van der Waals surface area contributed by atoms with Crippen LogP contribution in [-0.4, -0.2) is 23.1 Å². The van der Waals surface area contributed by atoms with E-state index in [1.54, 1.807) is 12.3 Å². The Hall–Kier alpha value is -3.09. The van der Waals surface area contributed by atoms with Gasteiger partial charge < -0.3 is 10.2 Å². The van der Waals surface area contributed by atoms with Crippen LogP contribution >= 0.6 is 0 Å². The van der Waals surface area contributed by atoms with Gasteiger partial charge in [-0.25, -0.2) is 18.2 Å². The van der Waals surface area contributed by atoms with Crippen LogP contribution in [0.15, 0.2) is 54.7 Å². The minimum absolute atomic E-state index is 0.138. The van der Waals surface area contributed by atoms with Crippen molar-refractivity contribution in [2.24, 2.45) is 5.92 Å². The Bertz CT molecular complexity index is 973. The first-order valence-electron chi connectivity index (χ1n) is 9.62. The van der Waals surface area contributed by atoms with Gasteiger partial charge >= 0.3 is 0 Å². The summed E-state index contributed by atoms with van der Waals surface area (Å²) in [4.78, 5) is 10.6. The van der Waals surface area contributed by atoms with Gasteiger partial charge in [-0.3, -0.25) is 0 Å². The average Bonchev–Trinajstić information content (AvgIpc) is 2.76. The Balaban J connectivity index is 1.40. The zero-order valence-corrected chi connectivity index (χ0v) is 15.8. The van der Waals surface area contributed by atoms with Crippen molar-refractivity contribution >= 4 is 17.5 Å². The third-order valence-electron chi connectivity index (χ3n) is 5.23. The van der Waals surface area contributed by atoms with Crippen LogP contribution in [0.1, 0.15) is 18.4 Å². The second kappa shape index (κ2) is 8.51. The van der Waals surface area contributed by atoms with E-state index in [9.17, 15) is 13.2 Å². The van der Waals surface area contributed by atoms with Crippen LogP contribution in [0.25, 0.3) is 0 Å². The van der Waals surface area contributed by atoms with Gasteiger partial charge in [-0.1, -0.05) is 30.3 Å². The fourth-order valence-corrected chi connectivity index (χ4v) is 3.64. The molecular formula is C22H21F3N4. The topological polar surface area (TPSA) is 41.1 Å². The van der Waals surface area contributed by atoms with Crippen LogP contribution < -0.4 is 10.2 Å². The number of hydrogen-bond acceptors (Lipinski definition) is 4. The molecule has 1 fully saturated rings. The first-order valence-corrected chi connectivity index (χ1v) is 9.62. The van der Waals surface area contributed by atoms with Crippen LogP contribution in [0.5, 0.6) is 0 Å². The molecule has 7 heteroatoms. The van der Waals surface area contributed by atoms with Gasteiger partial charge in [0.15, 0.2) is 17.5 Å². The van der Waals surface area contributed by atoms with Crippen molar-refractivity contribution < 1.29 is 13.2 Å². The average molecular weight is 398 g/mol. The molecule has 1 N–H and O–H groups in total. The monoisotopic (exact) mass is 398 g/mol. The van der Waals surface area contributed by atoms with E-state index in [1.165, 1.54) is 5.56 Å². The molecule has 4 rings (SSSR count). The highest BCUT2D eigenvalue weighted by molar-refractivity contribution is 5.56. The largest absolute Gasteiger partial charge is 0.356 e. The molecule has 150 valence electrons. The number of aromatic nitrogens is 2. The van der Waals surface area contributed by atoms with E-state index in [1.807, 2.05) is 6.07 Å². The number of anilines is 3. The Kier molecular flexibility index (Phi) is 5.64. The summed E-state index contributed by atoms with van der Waals surface area (Å²) in [5, 5.41) is 2.63. The van der Waals surface area contributed by atoms with Crippen molar-refractivity contribution in [1.29, 1.82) is 0 Å². The molecule has 0 unspecified atom stereocenters. The SMILES string of the molecule is Fc1ccc(Nc2nccc(N3CCC(Cc4ccccc4)CC3)n2)c(F)c1F. The molecule has 0 saturated carbocycles. The smallest absolute Gasteiger partial charge is 0.229 e. The van der Waals surface area contributed by atoms with E-state index < -0.39 is 17.5 Å². The first-order chi connectivity index (χ1) is 14.1. The molecule has 29 heavy (non-hydrogen) atoms. The highest BCUT2D eigenvalue weighted by Gasteiger charge is 2.21. The third-order valence-corrected chi connectivity index (χ3v) is 5.23. The fourth-order valence-electron chi connectivity index (χ4n) is 3.64. The van der Waals surface area contributed by atoms with E-state index in [0.717, 1.165) is 50.3 Å². The van der Waals surface area contributed by atoms with Gasteiger partial charge in [0.25, 0.3) is 0 Å². The van der Waals surface area contributed by atoms with Gasteiger partial charge in [-0.05, 0) is 48.9 Å². The van der Waals surface area contributed by atoms with Crippen molar-refractivity contribution in [3.8, 4) is 0 Å². The number of hydrogen-bond donors (Lipinski definition) is 1. The molecule has 2 aromatic carbocycles. The Morgan fingerprint density at radius 2 is 1.69 bits per heavy atom. The number of nitrogens with one attached hydrogen (secondary N) is 1. The summed E-state index contributed by atoms with van der Waals surface area (Å²) < 4.78 is 40.4. The van der Waals surface area contributed by atoms with Crippen molar-refractivity contribution in [2.45, 2.75) is 19.3 Å². The van der Waals surface area contributed by atoms with Gasteiger partial charge in [-0.2, -0.15) is 4.98 Å². The van der Waals surface area contributed by atoms with E-state index in [2.05, 4.69) is 44.5 Å². The van der Waals surface area contributed by atoms with Crippen molar-refractivity contribution in [1.82, 2.24) is 9.97 Å². The van der Waals surface area contributed by atoms with E-state index in [4.69, 9.17) is 0 Å². The maximum atomic E-state index is 13.9. The van der Waals surface area contributed by atoms with Crippen LogP contribution in [-0.2, 0) is 6.42 Å². The molecule has 1 aliphatic rings. The highest BCUT2D eigenvalue weighted by atomic mass is 19.2. The number of nitrogens with zero attached hydrogens (tertiary/aromatic N) is 3. The van der Waals surface area contributed by atoms with Gasteiger partial charge in [-0.15, -0.1) is 0 Å². The normalized spacial score (nSPS) is 14.8. The molecule has 1 aromatic heterocycles. The molecular weight excluding hydrogens is 377 g/mol. The van der Waals surface area contributed by atoms with Crippen molar-refractivity contribution in [3.63, 3.8) is 0 Å². The number of benzene rings is 2. The summed E-state index contributed by atoms with van der Waals surface area (Å²) in [7, 11) is 0. The Labute approximate surface area is 167 Å². The first kappa shape index (κ1) is 19.2. The predicted molar refractivity (Wildman–Crippen MR) is 107 cm³/mol. The molecule has 0 bridgehead atoms. The molecule has 0 radical (unpaired) electrons. The van der Waals surface area contributed by atoms with Gasteiger partial charge in [0.2, 0.25) is 5.95 Å². The summed E-state index contributed by atoms with van der Waals surface area (Å²) in [5.41, 5.74) is 1.15. The third kappa shape index (κ3) is 4.50. The zero-order chi connectivity index (χ0) is 20.2. The predicted octanol–water partition coefficient (Wildman–Crippen LogP) is 5.10. The van der Waals surface area contributed by atoms with Gasteiger partial charge in [0.1, 0.15) is 5.82 Å². The fraction of sp³-hybridized carbons (Fsp3) is 0.273. The molecule has 1 saturated heterocycles. The van der Waals surface area contributed by atoms with E-state index in [0.29, 0.717) is 5.92 Å². The maximum Gasteiger partial charge on any atom is 0.229 e. The summed E-state index contributed by atoms with van der Waals surface area (Å²) >= 11 is 0. The minimum Gasteiger partial charge on any atom is -0.356 e. The second-order valence-electron chi connectivity index (χ2n) is 7.21. The summed E-state index contributed by atoms with van der Waals surface area (Å²) in [5.74, 6) is -2.56. The van der Waals surface area contributed by atoms with Crippen LogP contribution in [0.4, 0.5) is 30.6 Å². The van der Waals surface area contributed by atoms with Crippen LogP contribution in [0.2, 0.25) is 0 Å². The summed E-state index contributed by atoms with van der Waals surface area (Å²) in [6.07, 6.45) is 4.75. The number of halogens is 3. The lowest BCUT2D eigenvalue weighted by molar-refractivity contribution is 0.402. The molecule has 0 atom stereocenters. The number of rotatable bonds is 5. The maximum absolute atomic E-state index is 13.9. The van der Waals surface area contributed by atoms with Crippen LogP contribution in [0, 0.1) is 23.4 Å². The number of piperidine rings is 1. The lowest BCUT2D eigenvalue weighted by Gasteiger charge is -2.33. The lowest BCUT2D eigenvalue weighted by Crippen LogP contribution is -2.35. The molecule has 2 heterocycles. The Morgan fingerprint density at radius 1 is 0.931 bits per heavy atom.